The van der Waals surface area contributed by atoms with Crippen LogP contribution in [0.4, 0.5) is 0 Å². The predicted molar refractivity (Wildman–Crippen MR) is 87.4 cm³/mol. The first-order valence-electron chi connectivity index (χ1n) is 8.08. The molecule has 0 radical (unpaired) electrons. The van der Waals surface area contributed by atoms with E-state index in [4.69, 9.17) is 0 Å². The number of aromatic nitrogens is 2. The molecule has 5 nitrogen and oxygen atoms in total. The molecule has 2 heterocycles. The Labute approximate surface area is 131 Å². The molecule has 3 rings (SSSR count). The van der Waals surface area contributed by atoms with Gasteiger partial charge in [-0.05, 0) is 51.9 Å². The second kappa shape index (κ2) is 6.48. The van der Waals surface area contributed by atoms with E-state index in [0.717, 1.165) is 49.3 Å². The van der Waals surface area contributed by atoms with Crippen molar-refractivity contribution in [3.63, 3.8) is 0 Å². The highest BCUT2D eigenvalue weighted by Gasteiger charge is 2.25. The van der Waals surface area contributed by atoms with Crippen LogP contribution in [0.25, 0.3) is 11.0 Å². The Kier molecular flexibility index (Phi) is 4.43. The van der Waals surface area contributed by atoms with Gasteiger partial charge in [0.2, 0.25) is 5.91 Å². The van der Waals surface area contributed by atoms with E-state index in [1.807, 2.05) is 38.1 Å². The molecule has 2 N–H and O–H groups in total. The monoisotopic (exact) mass is 300 g/mol. The first-order valence-corrected chi connectivity index (χ1v) is 8.08. The number of nitrogens with zero attached hydrogens (tertiary/aromatic N) is 2. The van der Waals surface area contributed by atoms with Crippen LogP contribution in [-0.2, 0) is 11.3 Å². The molecule has 0 saturated carbocycles. The molecule has 1 saturated heterocycles. The Bertz CT molecular complexity index is 608. The lowest BCUT2D eigenvalue weighted by Gasteiger charge is -2.31. The van der Waals surface area contributed by atoms with Gasteiger partial charge >= 0.3 is 0 Å². The Morgan fingerprint density at radius 3 is 2.77 bits per heavy atom. The van der Waals surface area contributed by atoms with Gasteiger partial charge in [0.15, 0.2) is 0 Å². The maximum Gasteiger partial charge on any atom is 0.223 e. The first kappa shape index (κ1) is 15.0. The topological polar surface area (TPSA) is 61.0 Å². The molecule has 1 aliphatic rings. The number of likely N-dealkylation sites (tertiary alicyclic amines) is 1. The van der Waals surface area contributed by atoms with Crippen molar-refractivity contribution in [1.29, 1.82) is 0 Å². The van der Waals surface area contributed by atoms with Crippen LogP contribution in [0.5, 0.6) is 0 Å². The molecular formula is C17H24N4O. The van der Waals surface area contributed by atoms with E-state index >= 15 is 0 Å². The highest BCUT2D eigenvalue weighted by atomic mass is 16.1. The van der Waals surface area contributed by atoms with Gasteiger partial charge in [0, 0.05) is 12.0 Å². The molecule has 0 unspecified atom stereocenters. The molecule has 0 atom stereocenters. The molecule has 1 aromatic carbocycles. The summed E-state index contributed by atoms with van der Waals surface area (Å²) in [6, 6.07) is 8.32. The van der Waals surface area contributed by atoms with E-state index in [2.05, 4.69) is 20.2 Å². The predicted octanol–water partition coefficient (Wildman–Crippen LogP) is 2.30. The summed E-state index contributed by atoms with van der Waals surface area (Å²) < 4.78 is 0. The number of fused-ring (bicyclic) bond motifs is 1. The molecule has 5 heteroatoms. The summed E-state index contributed by atoms with van der Waals surface area (Å²) in [5.74, 6) is 1.37. The third-order valence-corrected chi connectivity index (χ3v) is 4.20. The average molecular weight is 300 g/mol. The fourth-order valence-corrected chi connectivity index (χ4v) is 3.05. The van der Waals surface area contributed by atoms with Crippen molar-refractivity contribution >= 4 is 16.9 Å². The third-order valence-electron chi connectivity index (χ3n) is 4.20. The van der Waals surface area contributed by atoms with Crippen LogP contribution in [0.2, 0.25) is 0 Å². The van der Waals surface area contributed by atoms with Gasteiger partial charge in [-0.3, -0.25) is 9.69 Å². The van der Waals surface area contributed by atoms with Crippen molar-refractivity contribution in [1.82, 2.24) is 20.2 Å². The van der Waals surface area contributed by atoms with Gasteiger partial charge in [-0.2, -0.15) is 0 Å². The summed E-state index contributed by atoms with van der Waals surface area (Å²) in [5, 5.41) is 3.02. The number of benzene rings is 1. The highest BCUT2D eigenvalue weighted by Crippen LogP contribution is 2.19. The Balaban J connectivity index is 1.54. The van der Waals surface area contributed by atoms with Crippen molar-refractivity contribution in [2.24, 2.45) is 5.92 Å². The summed E-state index contributed by atoms with van der Waals surface area (Å²) >= 11 is 0. The minimum atomic E-state index is 0.161. The Morgan fingerprint density at radius 2 is 2.09 bits per heavy atom. The molecule has 1 aliphatic heterocycles. The number of H-pyrrole nitrogens is 1. The lowest BCUT2D eigenvalue weighted by atomic mass is 9.95. The van der Waals surface area contributed by atoms with E-state index in [-0.39, 0.29) is 17.9 Å². The van der Waals surface area contributed by atoms with E-state index in [9.17, 15) is 4.79 Å². The van der Waals surface area contributed by atoms with Crippen LogP contribution in [0.15, 0.2) is 24.3 Å². The molecule has 0 bridgehead atoms. The molecular weight excluding hydrogens is 276 g/mol. The minimum Gasteiger partial charge on any atom is -0.354 e. The molecule has 0 aliphatic carbocycles. The van der Waals surface area contributed by atoms with E-state index in [1.165, 1.54) is 0 Å². The number of piperidine rings is 1. The van der Waals surface area contributed by atoms with Gasteiger partial charge in [-0.15, -0.1) is 0 Å². The normalized spacial score (nSPS) is 17.2. The van der Waals surface area contributed by atoms with Gasteiger partial charge in [-0.25, -0.2) is 4.98 Å². The maximum atomic E-state index is 12.0. The van der Waals surface area contributed by atoms with Gasteiger partial charge in [0.25, 0.3) is 0 Å². The summed E-state index contributed by atoms with van der Waals surface area (Å²) in [6.07, 6.45) is 1.86. The first-order chi connectivity index (χ1) is 10.6. The molecule has 1 fully saturated rings. The van der Waals surface area contributed by atoms with Crippen LogP contribution in [0.3, 0.4) is 0 Å². The molecule has 1 amide bonds. The van der Waals surface area contributed by atoms with Crippen LogP contribution in [0, 0.1) is 5.92 Å². The fourth-order valence-electron chi connectivity index (χ4n) is 3.05. The minimum absolute atomic E-state index is 0.161. The zero-order valence-corrected chi connectivity index (χ0v) is 13.3. The van der Waals surface area contributed by atoms with E-state index in [1.54, 1.807) is 0 Å². The summed E-state index contributed by atoms with van der Waals surface area (Å²) in [5.41, 5.74) is 2.10. The van der Waals surface area contributed by atoms with Gasteiger partial charge < -0.3 is 10.3 Å². The zero-order chi connectivity index (χ0) is 15.5. The largest absolute Gasteiger partial charge is 0.354 e. The quantitative estimate of drug-likeness (QED) is 0.911. The van der Waals surface area contributed by atoms with Gasteiger partial charge in [0.05, 0.1) is 17.6 Å². The number of para-hydroxylation sites is 2. The Hall–Kier alpha value is -1.88. The van der Waals surface area contributed by atoms with Crippen LogP contribution in [-0.4, -0.2) is 39.9 Å². The number of amides is 1. The van der Waals surface area contributed by atoms with Crippen LogP contribution < -0.4 is 5.32 Å². The zero-order valence-electron chi connectivity index (χ0n) is 13.3. The van der Waals surface area contributed by atoms with E-state index in [0.29, 0.717) is 0 Å². The van der Waals surface area contributed by atoms with Crippen molar-refractivity contribution in [2.45, 2.75) is 39.3 Å². The molecule has 0 spiro atoms. The number of nitrogens with one attached hydrogen (secondary N) is 2. The third kappa shape index (κ3) is 3.47. The molecule has 22 heavy (non-hydrogen) atoms. The van der Waals surface area contributed by atoms with Crippen molar-refractivity contribution < 1.29 is 4.79 Å². The van der Waals surface area contributed by atoms with Crippen LogP contribution in [0.1, 0.15) is 32.5 Å². The average Bonchev–Trinajstić information content (AvgIpc) is 2.89. The van der Waals surface area contributed by atoms with Crippen LogP contribution >= 0.6 is 0 Å². The molecule has 2 aromatic rings. The SMILES string of the molecule is CC(C)NC(=O)C1CCN(Cc2nc3ccccc3[nH]2)CC1. The van der Waals surface area contributed by atoms with Crippen molar-refractivity contribution in [3.8, 4) is 0 Å². The number of rotatable bonds is 4. The van der Waals surface area contributed by atoms with E-state index < -0.39 is 0 Å². The number of imidazole rings is 1. The Morgan fingerprint density at radius 1 is 1.36 bits per heavy atom. The number of aromatic amines is 1. The standard InChI is InChI=1S/C17H24N4O/c1-12(2)18-17(22)13-7-9-21(10-8-13)11-16-19-14-5-3-4-6-15(14)20-16/h3-6,12-13H,7-11H2,1-2H3,(H,18,22)(H,19,20). The molecule has 1 aromatic heterocycles. The summed E-state index contributed by atoms with van der Waals surface area (Å²) in [6.45, 7) is 6.75. The highest BCUT2D eigenvalue weighted by molar-refractivity contribution is 5.79. The fraction of sp³-hybridized carbons (Fsp3) is 0.529. The lowest BCUT2D eigenvalue weighted by molar-refractivity contribution is -0.127. The van der Waals surface area contributed by atoms with Crippen molar-refractivity contribution in [3.05, 3.63) is 30.1 Å². The van der Waals surface area contributed by atoms with Gasteiger partial charge in [-0.1, -0.05) is 12.1 Å². The summed E-state index contributed by atoms with van der Waals surface area (Å²) in [4.78, 5) is 22.4. The summed E-state index contributed by atoms with van der Waals surface area (Å²) in [7, 11) is 0. The number of hydrogen-bond acceptors (Lipinski definition) is 3. The van der Waals surface area contributed by atoms with Gasteiger partial charge in [0.1, 0.15) is 5.82 Å². The number of carbonyl (C=O) groups is 1. The maximum absolute atomic E-state index is 12.0. The second-order valence-corrected chi connectivity index (χ2v) is 6.41. The second-order valence-electron chi connectivity index (χ2n) is 6.41. The number of carbonyl (C=O) groups excluding carboxylic acids is 1. The number of hydrogen-bond donors (Lipinski definition) is 2. The molecule has 118 valence electrons. The van der Waals surface area contributed by atoms with Crippen molar-refractivity contribution in [2.75, 3.05) is 13.1 Å². The lowest BCUT2D eigenvalue weighted by Crippen LogP contribution is -2.42. The smallest absolute Gasteiger partial charge is 0.223 e.